The van der Waals surface area contributed by atoms with E-state index < -0.39 is 5.97 Å². The smallest absolute Gasteiger partial charge is 0.356 e. The molecule has 0 atom stereocenters. The molecule has 84 valence electrons. The zero-order chi connectivity index (χ0) is 11.8. The van der Waals surface area contributed by atoms with Gasteiger partial charge in [-0.05, 0) is 24.3 Å². The summed E-state index contributed by atoms with van der Waals surface area (Å²) < 4.78 is 1.32. The van der Waals surface area contributed by atoms with E-state index in [1.54, 1.807) is 18.3 Å². The van der Waals surface area contributed by atoms with Crippen molar-refractivity contribution >= 4 is 11.6 Å². The van der Waals surface area contributed by atoms with Crippen LogP contribution in [0.2, 0.25) is 0 Å². The second-order valence-corrected chi connectivity index (χ2v) is 3.52. The van der Waals surface area contributed by atoms with Crippen molar-refractivity contribution in [2.45, 2.75) is 0 Å². The Balaban J connectivity index is 2.24. The van der Waals surface area contributed by atoms with E-state index in [0.29, 0.717) is 11.3 Å². The van der Waals surface area contributed by atoms with Gasteiger partial charge < -0.3 is 10.1 Å². The summed E-state index contributed by atoms with van der Waals surface area (Å²) in [6.45, 7) is 0. The van der Waals surface area contributed by atoms with Gasteiger partial charge in [0.05, 0.1) is 11.9 Å². The normalized spacial score (nSPS) is 10.8. The molecule has 0 aliphatic rings. The van der Waals surface area contributed by atoms with E-state index >= 15 is 0 Å². The average molecular weight is 228 g/mol. The molecule has 6 nitrogen and oxygen atoms in total. The quantitative estimate of drug-likeness (QED) is 0.694. The lowest BCUT2D eigenvalue weighted by Crippen LogP contribution is -2.05. The maximum Gasteiger partial charge on any atom is 0.356 e. The second kappa shape index (κ2) is 3.44. The third kappa shape index (κ3) is 1.46. The Morgan fingerprint density at radius 1 is 1.35 bits per heavy atom. The highest BCUT2D eigenvalue weighted by Gasteiger charge is 2.12. The van der Waals surface area contributed by atoms with Crippen molar-refractivity contribution in [3.63, 3.8) is 0 Å². The first-order valence-corrected chi connectivity index (χ1v) is 4.97. The topological polar surface area (TPSA) is 83.3 Å². The van der Waals surface area contributed by atoms with Crippen LogP contribution in [-0.4, -0.2) is 30.7 Å². The summed E-state index contributed by atoms with van der Waals surface area (Å²) in [6.07, 6.45) is 3.08. The van der Waals surface area contributed by atoms with Crippen LogP contribution in [0.4, 0.5) is 0 Å². The predicted octanol–water partition coefficient (Wildman–Crippen LogP) is 1.42. The van der Waals surface area contributed by atoms with E-state index in [0.717, 1.165) is 5.69 Å². The lowest BCUT2D eigenvalue weighted by molar-refractivity contribution is 0.0688. The zero-order valence-corrected chi connectivity index (χ0v) is 8.66. The number of hydrogen-bond donors (Lipinski definition) is 2. The molecule has 3 aromatic rings. The fraction of sp³-hybridized carbons (Fsp3) is 0. The van der Waals surface area contributed by atoms with Gasteiger partial charge in [-0.2, -0.15) is 5.10 Å². The average Bonchev–Trinajstić information content (AvgIpc) is 2.97. The van der Waals surface area contributed by atoms with Gasteiger partial charge >= 0.3 is 5.97 Å². The molecule has 0 saturated heterocycles. The monoisotopic (exact) mass is 228 g/mol. The Kier molecular flexibility index (Phi) is 1.94. The van der Waals surface area contributed by atoms with Crippen LogP contribution in [0.25, 0.3) is 17.0 Å². The molecular formula is C11H8N4O2. The van der Waals surface area contributed by atoms with Gasteiger partial charge in [0.15, 0.2) is 11.3 Å². The van der Waals surface area contributed by atoms with E-state index in [1.165, 1.54) is 10.7 Å². The van der Waals surface area contributed by atoms with Gasteiger partial charge in [0, 0.05) is 6.20 Å². The third-order valence-corrected chi connectivity index (χ3v) is 2.46. The summed E-state index contributed by atoms with van der Waals surface area (Å²) >= 11 is 0. The summed E-state index contributed by atoms with van der Waals surface area (Å²) in [5.74, 6) is -1.05. The molecule has 0 aliphatic heterocycles. The molecule has 0 unspecified atom stereocenters. The van der Waals surface area contributed by atoms with Crippen LogP contribution >= 0.6 is 0 Å². The number of rotatable bonds is 2. The predicted molar refractivity (Wildman–Crippen MR) is 59.7 cm³/mol. The number of nitrogens with zero attached hydrogens (tertiary/aromatic N) is 3. The number of carbonyl (C=O) groups is 1. The minimum absolute atomic E-state index is 0.0495. The first-order valence-electron chi connectivity index (χ1n) is 4.97. The first kappa shape index (κ1) is 9.59. The Hall–Kier alpha value is -2.63. The Morgan fingerprint density at radius 2 is 2.24 bits per heavy atom. The largest absolute Gasteiger partial charge is 0.476 e. The van der Waals surface area contributed by atoms with Gasteiger partial charge in [-0.15, -0.1) is 0 Å². The summed E-state index contributed by atoms with van der Waals surface area (Å²) in [4.78, 5) is 18.0. The zero-order valence-electron chi connectivity index (χ0n) is 8.66. The molecule has 0 aromatic carbocycles. The van der Waals surface area contributed by atoms with Crippen molar-refractivity contribution in [1.82, 2.24) is 19.6 Å². The van der Waals surface area contributed by atoms with Crippen LogP contribution in [0, 0.1) is 0 Å². The number of imidazole rings is 1. The molecule has 3 aromatic heterocycles. The van der Waals surface area contributed by atoms with E-state index in [-0.39, 0.29) is 5.69 Å². The highest BCUT2D eigenvalue weighted by Crippen LogP contribution is 2.15. The van der Waals surface area contributed by atoms with Gasteiger partial charge in [0.2, 0.25) is 0 Å². The SMILES string of the molecule is O=C(O)c1cnc2ccc(-c3ccc[nH]3)nn12. The minimum Gasteiger partial charge on any atom is -0.476 e. The maximum absolute atomic E-state index is 11.0. The standard InChI is InChI=1S/C11H8N4O2/c16-11(17)9-6-13-10-4-3-8(14-15(9)10)7-2-1-5-12-7/h1-6,12H,(H,16,17). The van der Waals surface area contributed by atoms with Gasteiger partial charge in [-0.3, -0.25) is 0 Å². The number of aromatic nitrogens is 4. The molecule has 0 radical (unpaired) electrons. The highest BCUT2D eigenvalue weighted by atomic mass is 16.4. The molecule has 0 fully saturated rings. The van der Waals surface area contributed by atoms with Crippen molar-refractivity contribution in [2.24, 2.45) is 0 Å². The Bertz CT molecular complexity index is 685. The summed E-state index contributed by atoms with van der Waals surface area (Å²) in [5, 5.41) is 13.2. The molecule has 0 bridgehead atoms. The number of aromatic carboxylic acids is 1. The third-order valence-electron chi connectivity index (χ3n) is 2.46. The van der Waals surface area contributed by atoms with Crippen LogP contribution in [0.15, 0.2) is 36.7 Å². The molecule has 0 spiro atoms. The fourth-order valence-corrected chi connectivity index (χ4v) is 1.65. The Labute approximate surface area is 95.5 Å². The highest BCUT2D eigenvalue weighted by molar-refractivity contribution is 5.86. The number of H-pyrrole nitrogens is 1. The molecule has 0 saturated carbocycles. The number of carboxylic acid groups (broad SMARTS) is 1. The van der Waals surface area contributed by atoms with Crippen molar-refractivity contribution in [1.29, 1.82) is 0 Å². The van der Waals surface area contributed by atoms with Crippen molar-refractivity contribution in [3.8, 4) is 11.4 Å². The van der Waals surface area contributed by atoms with Gasteiger partial charge in [0.25, 0.3) is 0 Å². The number of carboxylic acids is 1. The molecule has 3 rings (SSSR count). The Morgan fingerprint density at radius 3 is 2.94 bits per heavy atom. The molecule has 2 N–H and O–H groups in total. The van der Waals surface area contributed by atoms with Crippen LogP contribution in [0.3, 0.4) is 0 Å². The molecule has 6 heteroatoms. The van der Waals surface area contributed by atoms with E-state index in [1.807, 2.05) is 12.1 Å². The lowest BCUT2D eigenvalue weighted by Gasteiger charge is -2.00. The van der Waals surface area contributed by atoms with Crippen molar-refractivity contribution < 1.29 is 9.90 Å². The maximum atomic E-state index is 11.0. The van der Waals surface area contributed by atoms with E-state index in [4.69, 9.17) is 5.11 Å². The summed E-state index contributed by atoms with van der Waals surface area (Å²) in [6, 6.07) is 7.24. The molecule has 0 aliphatic carbocycles. The number of aromatic amines is 1. The van der Waals surface area contributed by atoms with Crippen LogP contribution in [0.5, 0.6) is 0 Å². The van der Waals surface area contributed by atoms with Gasteiger partial charge in [-0.1, -0.05) is 0 Å². The van der Waals surface area contributed by atoms with E-state index in [9.17, 15) is 4.79 Å². The molecule has 17 heavy (non-hydrogen) atoms. The summed E-state index contributed by atoms with van der Waals surface area (Å²) in [7, 11) is 0. The fourth-order valence-electron chi connectivity index (χ4n) is 1.65. The van der Waals surface area contributed by atoms with Crippen LogP contribution in [-0.2, 0) is 0 Å². The molecule has 0 amide bonds. The number of nitrogens with one attached hydrogen (secondary N) is 1. The van der Waals surface area contributed by atoms with Crippen LogP contribution in [0.1, 0.15) is 10.5 Å². The number of hydrogen-bond acceptors (Lipinski definition) is 3. The summed E-state index contributed by atoms with van der Waals surface area (Å²) in [5.41, 5.74) is 2.06. The molecular weight excluding hydrogens is 220 g/mol. The van der Waals surface area contributed by atoms with Crippen molar-refractivity contribution in [2.75, 3.05) is 0 Å². The minimum atomic E-state index is -1.05. The van der Waals surface area contributed by atoms with Crippen LogP contribution < -0.4 is 0 Å². The molecule has 3 heterocycles. The van der Waals surface area contributed by atoms with Gasteiger partial charge in [-0.25, -0.2) is 14.3 Å². The van der Waals surface area contributed by atoms with Gasteiger partial charge in [0.1, 0.15) is 5.69 Å². The second-order valence-electron chi connectivity index (χ2n) is 3.52. The van der Waals surface area contributed by atoms with E-state index in [2.05, 4.69) is 15.1 Å². The first-order chi connectivity index (χ1) is 8.25. The van der Waals surface area contributed by atoms with Crippen molar-refractivity contribution in [3.05, 3.63) is 42.4 Å². The lowest BCUT2D eigenvalue weighted by atomic mass is 10.3. The number of fused-ring (bicyclic) bond motifs is 1.